The highest BCUT2D eigenvalue weighted by Crippen LogP contribution is 2.41. The molecule has 1 aromatic carbocycles. The van der Waals surface area contributed by atoms with Gasteiger partial charge in [0.15, 0.2) is 0 Å². The van der Waals surface area contributed by atoms with Gasteiger partial charge in [-0.3, -0.25) is 4.79 Å². The van der Waals surface area contributed by atoms with E-state index >= 15 is 0 Å². The molecule has 1 saturated heterocycles. The van der Waals surface area contributed by atoms with Gasteiger partial charge in [-0.2, -0.15) is 8.78 Å². The molecule has 2 atom stereocenters. The van der Waals surface area contributed by atoms with E-state index in [4.69, 9.17) is 16.3 Å². The first-order chi connectivity index (χ1) is 11.5. The van der Waals surface area contributed by atoms with E-state index in [9.17, 15) is 13.6 Å². The minimum Gasteiger partial charge on any atom is -0.434 e. The molecule has 4 nitrogen and oxygen atoms in total. The van der Waals surface area contributed by atoms with Gasteiger partial charge in [-0.15, -0.1) is 11.3 Å². The Morgan fingerprint density at radius 2 is 2.29 bits per heavy atom. The van der Waals surface area contributed by atoms with Crippen LogP contribution in [-0.2, 0) is 4.74 Å². The minimum absolute atomic E-state index is 0.0140. The van der Waals surface area contributed by atoms with E-state index in [1.807, 2.05) is 6.92 Å². The number of hydrogen-bond acceptors (Lipinski definition) is 4. The second-order valence-electron chi connectivity index (χ2n) is 5.57. The molecule has 0 bridgehead atoms. The first kappa shape index (κ1) is 17.4. The first-order valence-corrected chi connectivity index (χ1v) is 8.75. The highest BCUT2D eigenvalue weighted by Gasteiger charge is 2.26. The summed E-state index contributed by atoms with van der Waals surface area (Å²) in [6.07, 6.45) is 1.86. The molecule has 1 fully saturated rings. The lowest BCUT2D eigenvalue weighted by molar-refractivity contribution is -0.0487. The van der Waals surface area contributed by atoms with Crippen LogP contribution in [0.2, 0.25) is 5.02 Å². The van der Waals surface area contributed by atoms with Gasteiger partial charge in [-0.25, -0.2) is 0 Å². The van der Waals surface area contributed by atoms with Gasteiger partial charge in [0.2, 0.25) is 0 Å². The molecule has 1 aromatic heterocycles. The zero-order valence-corrected chi connectivity index (χ0v) is 14.4. The summed E-state index contributed by atoms with van der Waals surface area (Å²) in [4.78, 5) is 12.8. The molecular formula is C16H16ClF2NO3S. The van der Waals surface area contributed by atoms with Crippen LogP contribution in [0.15, 0.2) is 18.2 Å². The molecule has 8 heteroatoms. The standard InChI is InChI=1S/C16H16ClF2NO3S/c1-8(9-5-3-7-22-9)20-15(21)14-13(17)12-10(23-16(18)19)4-2-6-11(12)24-14/h2,4,6,8-9,16H,3,5,7H2,1H3,(H,20,21)/t8-,9+/m1/s1. The molecular weight excluding hydrogens is 360 g/mol. The summed E-state index contributed by atoms with van der Waals surface area (Å²) < 4.78 is 35.7. The Morgan fingerprint density at radius 1 is 1.50 bits per heavy atom. The van der Waals surface area contributed by atoms with Crippen molar-refractivity contribution >= 4 is 38.9 Å². The maximum Gasteiger partial charge on any atom is 0.387 e. The molecule has 24 heavy (non-hydrogen) atoms. The first-order valence-electron chi connectivity index (χ1n) is 7.55. The number of carbonyl (C=O) groups excluding carboxylic acids is 1. The second-order valence-corrected chi connectivity index (χ2v) is 7.00. The van der Waals surface area contributed by atoms with Gasteiger partial charge in [0.25, 0.3) is 5.91 Å². The zero-order valence-electron chi connectivity index (χ0n) is 12.9. The molecule has 2 aromatic rings. The van der Waals surface area contributed by atoms with Crippen molar-refractivity contribution in [3.63, 3.8) is 0 Å². The molecule has 1 aliphatic rings. The number of fused-ring (bicyclic) bond motifs is 1. The Labute approximate surface area is 146 Å². The number of thiophene rings is 1. The molecule has 0 spiro atoms. The number of alkyl halides is 2. The lowest BCUT2D eigenvalue weighted by Gasteiger charge is -2.19. The molecule has 1 aliphatic heterocycles. The van der Waals surface area contributed by atoms with Gasteiger partial charge in [-0.1, -0.05) is 17.7 Å². The molecule has 0 aliphatic carbocycles. The Morgan fingerprint density at radius 3 is 2.96 bits per heavy atom. The Hall–Kier alpha value is -1.44. The SMILES string of the molecule is C[C@@H](NC(=O)c1sc2cccc(OC(F)F)c2c1Cl)[C@@H]1CCCO1. The summed E-state index contributed by atoms with van der Waals surface area (Å²) in [5.41, 5.74) is 0. The smallest absolute Gasteiger partial charge is 0.387 e. The fraction of sp³-hybridized carbons (Fsp3) is 0.438. The van der Waals surface area contributed by atoms with Crippen LogP contribution in [0.25, 0.3) is 10.1 Å². The van der Waals surface area contributed by atoms with Crippen LogP contribution in [0.3, 0.4) is 0 Å². The van der Waals surface area contributed by atoms with E-state index in [2.05, 4.69) is 10.1 Å². The van der Waals surface area contributed by atoms with Gasteiger partial charge in [0.1, 0.15) is 10.6 Å². The summed E-state index contributed by atoms with van der Waals surface area (Å²) >= 11 is 7.43. The minimum atomic E-state index is -2.96. The van der Waals surface area contributed by atoms with Gasteiger partial charge in [-0.05, 0) is 31.9 Å². The van der Waals surface area contributed by atoms with E-state index in [1.54, 1.807) is 12.1 Å². The third kappa shape index (κ3) is 3.48. The molecule has 1 N–H and O–H groups in total. The highest BCUT2D eigenvalue weighted by atomic mass is 35.5. The largest absolute Gasteiger partial charge is 0.434 e. The number of carbonyl (C=O) groups is 1. The fourth-order valence-corrected chi connectivity index (χ4v) is 4.25. The number of amides is 1. The van der Waals surface area contributed by atoms with Crippen LogP contribution in [0.4, 0.5) is 8.78 Å². The van der Waals surface area contributed by atoms with Crippen molar-refractivity contribution in [3.05, 3.63) is 28.1 Å². The molecule has 0 radical (unpaired) electrons. The number of halogens is 3. The van der Waals surface area contributed by atoms with Crippen LogP contribution in [0, 0.1) is 0 Å². The van der Waals surface area contributed by atoms with Gasteiger partial charge < -0.3 is 14.8 Å². The zero-order chi connectivity index (χ0) is 17.3. The predicted molar refractivity (Wildman–Crippen MR) is 89.4 cm³/mol. The average Bonchev–Trinajstić information content (AvgIpc) is 3.15. The molecule has 3 rings (SSSR count). The van der Waals surface area contributed by atoms with E-state index < -0.39 is 6.61 Å². The molecule has 130 valence electrons. The van der Waals surface area contributed by atoms with Crippen molar-refractivity contribution in [2.45, 2.75) is 38.5 Å². The van der Waals surface area contributed by atoms with E-state index in [-0.39, 0.29) is 33.7 Å². The van der Waals surface area contributed by atoms with Gasteiger partial charge >= 0.3 is 6.61 Å². The summed E-state index contributed by atoms with van der Waals surface area (Å²) in [5, 5.41) is 3.33. The van der Waals surface area contributed by atoms with Crippen molar-refractivity contribution < 1.29 is 23.0 Å². The predicted octanol–water partition coefficient (Wildman–Crippen LogP) is 4.45. The second kappa shape index (κ2) is 7.21. The Balaban J connectivity index is 1.86. The van der Waals surface area contributed by atoms with Crippen molar-refractivity contribution in [2.75, 3.05) is 6.61 Å². The van der Waals surface area contributed by atoms with Crippen LogP contribution in [0.5, 0.6) is 5.75 Å². The van der Waals surface area contributed by atoms with Crippen molar-refractivity contribution in [3.8, 4) is 5.75 Å². The third-order valence-corrected chi connectivity index (χ3v) is 5.57. The van der Waals surface area contributed by atoms with Gasteiger partial charge in [0, 0.05) is 11.3 Å². The van der Waals surface area contributed by atoms with Crippen LogP contribution < -0.4 is 10.1 Å². The van der Waals surface area contributed by atoms with Crippen molar-refractivity contribution in [1.82, 2.24) is 5.32 Å². The molecule has 0 saturated carbocycles. The maximum absolute atomic E-state index is 12.5. The van der Waals surface area contributed by atoms with E-state index in [0.717, 1.165) is 24.2 Å². The summed E-state index contributed by atoms with van der Waals surface area (Å²) in [7, 11) is 0. The number of nitrogens with one attached hydrogen (secondary N) is 1. The monoisotopic (exact) mass is 375 g/mol. The number of rotatable bonds is 5. The molecule has 0 unspecified atom stereocenters. The third-order valence-electron chi connectivity index (χ3n) is 3.92. The Bertz CT molecular complexity index is 746. The average molecular weight is 376 g/mol. The van der Waals surface area contributed by atoms with Crippen molar-refractivity contribution in [1.29, 1.82) is 0 Å². The van der Waals surface area contributed by atoms with E-state index in [0.29, 0.717) is 16.7 Å². The van der Waals surface area contributed by atoms with Gasteiger partial charge in [0.05, 0.1) is 22.6 Å². The molecule has 2 heterocycles. The van der Waals surface area contributed by atoms with Crippen molar-refractivity contribution in [2.24, 2.45) is 0 Å². The van der Waals surface area contributed by atoms with Crippen LogP contribution in [-0.4, -0.2) is 31.3 Å². The Kier molecular flexibility index (Phi) is 5.22. The lowest BCUT2D eigenvalue weighted by Crippen LogP contribution is -2.40. The maximum atomic E-state index is 12.5. The number of hydrogen-bond donors (Lipinski definition) is 1. The topological polar surface area (TPSA) is 47.6 Å². The summed E-state index contributed by atoms with van der Waals surface area (Å²) in [5.74, 6) is -0.373. The lowest BCUT2D eigenvalue weighted by atomic mass is 10.1. The number of benzene rings is 1. The number of ether oxygens (including phenoxy) is 2. The summed E-state index contributed by atoms with van der Waals surface area (Å²) in [6, 6.07) is 4.55. The highest BCUT2D eigenvalue weighted by molar-refractivity contribution is 7.21. The van der Waals surface area contributed by atoms with Crippen LogP contribution in [0.1, 0.15) is 29.4 Å². The quantitative estimate of drug-likeness (QED) is 0.839. The summed E-state index contributed by atoms with van der Waals surface area (Å²) in [6.45, 7) is -0.382. The van der Waals surface area contributed by atoms with Crippen LogP contribution >= 0.6 is 22.9 Å². The van der Waals surface area contributed by atoms with E-state index in [1.165, 1.54) is 6.07 Å². The normalized spacial score (nSPS) is 19.0. The fourth-order valence-electron chi connectivity index (χ4n) is 2.78. The molecule has 1 amide bonds.